The molecule has 0 saturated carbocycles. The fourth-order valence-electron chi connectivity index (χ4n) is 1.88. The second-order valence-electron chi connectivity index (χ2n) is 4.91. The maximum atomic E-state index is 12.2. The first kappa shape index (κ1) is 18.5. The summed E-state index contributed by atoms with van der Waals surface area (Å²) < 4.78 is 34.1. The predicted octanol–water partition coefficient (Wildman–Crippen LogP) is 4.22. The number of hydrogen-bond acceptors (Lipinski definition) is 4. The molecule has 0 fully saturated rings. The van der Waals surface area contributed by atoms with E-state index in [-0.39, 0.29) is 10.8 Å². The van der Waals surface area contributed by atoms with E-state index in [0.29, 0.717) is 17.0 Å². The summed E-state index contributed by atoms with van der Waals surface area (Å²) in [6, 6.07) is 12.2. The van der Waals surface area contributed by atoms with Crippen molar-refractivity contribution in [3.63, 3.8) is 0 Å². The van der Waals surface area contributed by atoms with E-state index >= 15 is 0 Å². The van der Waals surface area contributed by atoms with Crippen LogP contribution in [0, 0.1) is 11.3 Å². The maximum Gasteiger partial charge on any atom is 0.387 e. The minimum absolute atomic E-state index is 0.0567. The molecule has 0 aromatic heterocycles. The van der Waals surface area contributed by atoms with Gasteiger partial charge in [0.15, 0.2) is 6.10 Å². The number of nitrogens with one attached hydrogen (secondary N) is 1. The normalized spacial score (nSPS) is 11.5. The lowest BCUT2D eigenvalue weighted by atomic mass is 10.2. The monoisotopic (exact) mass is 366 g/mol. The summed E-state index contributed by atoms with van der Waals surface area (Å²) in [6.45, 7) is -1.44. The van der Waals surface area contributed by atoms with Crippen molar-refractivity contribution in [2.24, 2.45) is 0 Å². The van der Waals surface area contributed by atoms with Crippen LogP contribution in [-0.4, -0.2) is 18.6 Å². The van der Waals surface area contributed by atoms with Crippen LogP contribution in [0.3, 0.4) is 0 Å². The summed E-state index contributed by atoms with van der Waals surface area (Å²) in [6.07, 6.45) is -0.830. The minimum atomic E-state index is -2.99. The molecule has 8 heteroatoms. The van der Waals surface area contributed by atoms with E-state index in [2.05, 4.69) is 10.1 Å². The molecule has 0 bridgehead atoms. The van der Waals surface area contributed by atoms with Gasteiger partial charge >= 0.3 is 6.61 Å². The number of amides is 1. The molecule has 0 aliphatic carbocycles. The second kappa shape index (κ2) is 8.31. The number of benzene rings is 2. The number of rotatable bonds is 6. The van der Waals surface area contributed by atoms with Crippen LogP contribution in [0.5, 0.6) is 11.5 Å². The second-order valence-corrected chi connectivity index (χ2v) is 5.32. The zero-order valence-corrected chi connectivity index (χ0v) is 13.8. The van der Waals surface area contributed by atoms with Crippen LogP contribution < -0.4 is 14.8 Å². The highest BCUT2D eigenvalue weighted by Crippen LogP contribution is 2.29. The zero-order valence-electron chi connectivity index (χ0n) is 13.0. The van der Waals surface area contributed by atoms with E-state index in [1.54, 1.807) is 31.2 Å². The van der Waals surface area contributed by atoms with Crippen LogP contribution >= 0.6 is 11.6 Å². The van der Waals surface area contributed by atoms with Crippen molar-refractivity contribution in [1.82, 2.24) is 0 Å². The number of nitriles is 1. The molecule has 25 heavy (non-hydrogen) atoms. The average Bonchev–Trinajstić information content (AvgIpc) is 2.57. The third-order valence-corrected chi connectivity index (χ3v) is 3.38. The number of hydrogen-bond donors (Lipinski definition) is 1. The molecule has 0 unspecified atom stereocenters. The Labute approximate surface area is 147 Å². The van der Waals surface area contributed by atoms with Crippen LogP contribution in [0.25, 0.3) is 0 Å². The highest BCUT2D eigenvalue weighted by atomic mass is 35.5. The number of nitrogens with zero attached hydrogens (tertiary/aromatic N) is 1. The van der Waals surface area contributed by atoms with Crippen LogP contribution in [0.4, 0.5) is 14.5 Å². The Morgan fingerprint density at radius 3 is 2.44 bits per heavy atom. The van der Waals surface area contributed by atoms with Crippen molar-refractivity contribution in [2.45, 2.75) is 19.6 Å². The lowest BCUT2D eigenvalue weighted by Gasteiger charge is -2.15. The lowest BCUT2D eigenvalue weighted by molar-refractivity contribution is -0.122. The summed E-state index contributed by atoms with van der Waals surface area (Å²) in [5, 5.41) is 11.2. The molecule has 1 atom stereocenters. The number of halogens is 3. The quantitative estimate of drug-likeness (QED) is 0.830. The number of alkyl halides is 2. The van der Waals surface area contributed by atoms with Crippen molar-refractivity contribution in [3.05, 3.63) is 53.1 Å². The molecule has 0 saturated heterocycles. The maximum absolute atomic E-state index is 12.2. The van der Waals surface area contributed by atoms with Gasteiger partial charge in [0.2, 0.25) is 0 Å². The molecule has 1 N–H and O–H groups in total. The highest BCUT2D eigenvalue weighted by Gasteiger charge is 2.16. The largest absolute Gasteiger partial charge is 0.481 e. The first-order valence-corrected chi connectivity index (χ1v) is 7.49. The Morgan fingerprint density at radius 1 is 1.20 bits per heavy atom. The van der Waals surface area contributed by atoms with Crippen LogP contribution in [0.15, 0.2) is 42.5 Å². The van der Waals surface area contributed by atoms with Gasteiger partial charge in [0.05, 0.1) is 16.7 Å². The first-order chi connectivity index (χ1) is 11.9. The van der Waals surface area contributed by atoms with E-state index in [4.69, 9.17) is 21.6 Å². The minimum Gasteiger partial charge on any atom is -0.481 e. The summed E-state index contributed by atoms with van der Waals surface area (Å²) >= 11 is 5.83. The first-order valence-electron chi connectivity index (χ1n) is 7.11. The number of carbonyl (C=O) groups excluding carboxylic acids is 1. The molecule has 0 aliphatic rings. The van der Waals surface area contributed by atoms with Crippen molar-refractivity contribution >= 4 is 23.2 Å². The van der Waals surface area contributed by atoms with E-state index in [0.717, 1.165) is 0 Å². The fourth-order valence-corrected chi connectivity index (χ4v) is 2.10. The van der Waals surface area contributed by atoms with Gasteiger partial charge in [-0.2, -0.15) is 14.0 Å². The molecule has 0 heterocycles. The van der Waals surface area contributed by atoms with Gasteiger partial charge in [-0.15, -0.1) is 0 Å². The molecule has 2 aromatic carbocycles. The SMILES string of the molecule is C[C@@H](Oc1ccc(C#N)cc1)C(=O)Nc1ccc(OC(F)F)c(Cl)c1. The predicted molar refractivity (Wildman–Crippen MR) is 88.0 cm³/mol. The van der Waals surface area contributed by atoms with Crippen LogP contribution in [0.1, 0.15) is 12.5 Å². The molecular formula is C17H13ClF2N2O3. The molecule has 0 radical (unpaired) electrons. The smallest absolute Gasteiger partial charge is 0.387 e. The summed E-state index contributed by atoms with van der Waals surface area (Å²) in [5.74, 6) is -0.208. The van der Waals surface area contributed by atoms with Crippen molar-refractivity contribution < 1.29 is 23.0 Å². The third kappa shape index (κ3) is 5.33. The Bertz CT molecular complexity index is 791. The fraction of sp³-hybridized carbons (Fsp3) is 0.176. The topological polar surface area (TPSA) is 71.3 Å². The zero-order chi connectivity index (χ0) is 18.4. The van der Waals surface area contributed by atoms with Crippen LogP contribution in [-0.2, 0) is 4.79 Å². The standard InChI is InChI=1S/C17H13ClF2N2O3/c1-10(24-13-5-2-11(9-21)3-6-13)16(23)22-12-4-7-15(14(18)8-12)25-17(19)20/h2-8,10,17H,1H3,(H,22,23)/t10-/m1/s1. The molecule has 2 rings (SSSR count). The van der Waals surface area contributed by atoms with Gasteiger partial charge in [0, 0.05) is 5.69 Å². The van der Waals surface area contributed by atoms with Crippen LogP contribution in [0.2, 0.25) is 5.02 Å². The molecule has 2 aromatic rings. The van der Waals surface area contributed by atoms with E-state index < -0.39 is 18.6 Å². The molecule has 130 valence electrons. The van der Waals surface area contributed by atoms with Gasteiger partial charge in [0.25, 0.3) is 5.91 Å². The summed E-state index contributed by atoms with van der Waals surface area (Å²) in [7, 11) is 0. The molecule has 0 aliphatic heterocycles. The van der Waals surface area contributed by atoms with E-state index in [1.807, 2.05) is 6.07 Å². The van der Waals surface area contributed by atoms with Crippen molar-refractivity contribution in [1.29, 1.82) is 5.26 Å². The average molecular weight is 367 g/mol. The summed E-state index contributed by atoms with van der Waals surface area (Å²) in [4.78, 5) is 12.1. The lowest BCUT2D eigenvalue weighted by Crippen LogP contribution is -2.30. The number of carbonyl (C=O) groups is 1. The van der Waals surface area contributed by atoms with Gasteiger partial charge in [-0.1, -0.05) is 11.6 Å². The highest BCUT2D eigenvalue weighted by molar-refractivity contribution is 6.32. The number of ether oxygens (including phenoxy) is 2. The molecule has 0 spiro atoms. The molecular weight excluding hydrogens is 354 g/mol. The Balaban J connectivity index is 1.98. The summed E-state index contributed by atoms with van der Waals surface area (Å²) in [5.41, 5.74) is 0.789. The van der Waals surface area contributed by atoms with Gasteiger partial charge in [0.1, 0.15) is 11.5 Å². The van der Waals surface area contributed by atoms with Gasteiger partial charge in [-0.05, 0) is 49.4 Å². The third-order valence-electron chi connectivity index (χ3n) is 3.08. The van der Waals surface area contributed by atoms with Gasteiger partial charge in [-0.3, -0.25) is 4.79 Å². The van der Waals surface area contributed by atoms with Crippen molar-refractivity contribution in [2.75, 3.05) is 5.32 Å². The van der Waals surface area contributed by atoms with Crippen molar-refractivity contribution in [3.8, 4) is 17.6 Å². The van der Waals surface area contributed by atoms with Gasteiger partial charge < -0.3 is 14.8 Å². The Hall–Kier alpha value is -2.85. The number of anilines is 1. The molecule has 1 amide bonds. The molecule has 5 nitrogen and oxygen atoms in total. The Kier molecular flexibility index (Phi) is 6.14. The Morgan fingerprint density at radius 2 is 1.88 bits per heavy atom. The van der Waals surface area contributed by atoms with Gasteiger partial charge in [-0.25, -0.2) is 0 Å². The van der Waals surface area contributed by atoms with E-state index in [1.165, 1.54) is 18.2 Å². The van der Waals surface area contributed by atoms with E-state index in [9.17, 15) is 13.6 Å².